The van der Waals surface area contributed by atoms with Crippen molar-refractivity contribution in [3.8, 4) is 0 Å². The Morgan fingerprint density at radius 3 is 2.25 bits per heavy atom. The van der Waals surface area contributed by atoms with Gasteiger partial charge in [-0.15, -0.1) is 0 Å². The third-order valence-corrected chi connectivity index (χ3v) is 1.63. The fraction of sp³-hybridized carbons (Fsp3) is 0.500. The van der Waals surface area contributed by atoms with Gasteiger partial charge in [0.2, 0.25) is 6.41 Å². The molecule has 0 atom stereocenters. The number of amides is 1. The van der Waals surface area contributed by atoms with Gasteiger partial charge in [-0.2, -0.15) is 14.7 Å². The lowest BCUT2D eigenvalue weighted by molar-refractivity contribution is -0.154. The Bertz CT molecular complexity index is 177. The van der Waals surface area contributed by atoms with Crippen molar-refractivity contribution in [1.82, 2.24) is 5.06 Å². The van der Waals surface area contributed by atoms with E-state index in [0.717, 1.165) is 0 Å². The highest BCUT2D eigenvalue weighted by atomic mass is 31.2. The number of nitrogens with zero attached hydrogens (tertiary/aromatic N) is 1. The van der Waals surface area contributed by atoms with Crippen molar-refractivity contribution in [2.75, 3.05) is 12.7 Å². The van der Waals surface area contributed by atoms with E-state index in [1.807, 2.05) is 0 Å². The smallest absolute Gasteiger partial charge is 0.293 e. The molecular formula is C4H9NO6P+. The molecule has 7 nitrogen and oxygen atoms in total. The first-order chi connectivity index (χ1) is 5.35. The van der Waals surface area contributed by atoms with Crippen molar-refractivity contribution in [2.24, 2.45) is 0 Å². The van der Waals surface area contributed by atoms with Crippen LogP contribution in [0.5, 0.6) is 0 Å². The number of carbonyl (C=O) groups is 2. The molecular weight excluding hydrogens is 189 g/mol. The van der Waals surface area contributed by atoms with Gasteiger partial charge in [-0.1, -0.05) is 0 Å². The predicted molar refractivity (Wildman–Crippen MR) is 38.0 cm³/mol. The van der Waals surface area contributed by atoms with Crippen LogP contribution >= 0.6 is 7.94 Å². The highest BCUT2D eigenvalue weighted by molar-refractivity contribution is 7.59. The van der Waals surface area contributed by atoms with Crippen LogP contribution in [-0.4, -0.2) is 49.9 Å². The van der Waals surface area contributed by atoms with E-state index in [9.17, 15) is 9.59 Å². The van der Waals surface area contributed by atoms with Gasteiger partial charge in [-0.25, -0.2) is 5.06 Å². The molecule has 70 valence electrons. The maximum atomic E-state index is 10.6. The van der Waals surface area contributed by atoms with Gasteiger partial charge in [0.1, 0.15) is 6.54 Å². The lowest BCUT2D eigenvalue weighted by atomic mass is 10.4. The van der Waals surface area contributed by atoms with E-state index in [1.165, 1.54) is 0 Å². The SMILES string of the molecule is O=CN(O)CC(=O)C[P+](O)(O)O. The third kappa shape index (κ3) is 6.14. The molecule has 0 saturated heterocycles. The standard InChI is InChI=1S/C4H9NO6P/c6-3-5(8)1-4(7)2-12(9,10)11/h3,8-11H,1-2H2/q+1. The summed E-state index contributed by atoms with van der Waals surface area (Å²) >= 11 is 0. The summed E-state index contributed by atoms with van der Waals surface area (Å²) in [6.45, 7) is -0.674. The van der Waals surface area contributed by atoms with E-state index in [1.54, 1.807) is 0 Å². The van der Waals surface area contributed by atoms with Crippen LogP contribution in [0.2, 0.25) is 0 Å². The van der Waals surface area contributed by atoms with Gasteiger partial charge in [-0.3, -0.25) is 14.8 Å². The van der Waals surface area contributed by atoms with Crippen molar-refractivity contribution in [2.45, 2.75) is 0 Å². The topological polar surface area (TPSA) is 118 Å². The van der Waals surface area contributed by atoms with Crippen LogP contribution in [0.4, 0.5) is 0 Å². The summed E-state index contributed by atoms with van der Waals surface area (Å²) in [5.74, 6) is -0.842. The van der Waals surface area contributed by atoms with Crippen LogP contribution in [-0.2, 0) is 9.59 Å². The first-order valence-electron chi connectivity index (χ1n) is 2.84. The van der Waals surface area contributed by atoms with E-state index in [-0.39, 0.29) is 11.5 Å². The molecule has 0 aliphatic heterocycles. The summed E-state index contributed by atoms with van der Waals surface area (Å²) in [6, 6.07) is 0. The molecule has 12 heavy (non-hydrogen) atoms. The molecule has 0 saturated carbocycles. The second-order valence-electron chi connectivity index (χ2n) is 2.09. The number of carbonyl (C=O) groups excluding carboxylic acids is 2. The average Bonchev–Trinajstić information content (AvgIpc) is 1.82. The molecule has 0 aliphatic carbocycles. The minimum Gasteiger partial charge on any atom is -0.293 e. The van der Waals surface area contributed by atoms with Gasteiger partial charge in [0, 0.05) is 0 Å². The fourth-order valence-corrected chi connectivity index (χ4v) is 1.08. The molecule has 0 aromatic rings. The largest absolute Gasteiger partial charge is 0.411 e. The molecule has 0 heterocycles. The highest BCUT2D eigenvalue weighted by Gasteiger charge is 2.33. The van der Waals surface area contributed by atoms with Crippen molar-refractivity contribution in [3.05, 3.63) is 0 Å². The van der Waals surface area contributed by atoms with Gasteiger partial charge in [0.25, 0.3) is 0 Å². The normalized spacial score (nSPS) is 11.0. The van der Waals surface area contributed by atoms with Crippen LogP contribution in [0.3, 0.4) is 0 Å². The lowest BCUT2D eigenvalue weighted by Crippen LogP contribution is -2.27. The number of ketones is 1. The molecule has 1 amide bonds. The zero-order valence-electron chi connectivity index (χ0n) is 5.99. The van der Waals surface area contributed by atoms with Crippen LogP contribution in [0.1, 0.15) is 0 Å². The quantitative estimate of drug-likeness (QED) is 0.178. The van der Waals surface area contributed by atoms with Crippen molar-refractivity contribution >= 4 is 20.1 Å². The van der Waals surface area contributed by atoms with E-state index in [0.29, 0.717) is 0 Å². The minimum atomic E-state index is -4.14. The first-order valence-corrected chi connectivity index (χ1v) is 4.67. The van der Waals surface area contributed by atoms with Gasteiger partial charge < -0.3 is 0 Å². The Morgan fingerprint density at radius 1 is 1.42 bits per heavy atom. The summed E-state index contributed by atoms with van der Waals surface area (Å²) in [5, 5.41) is 8.48. The number of hydrogen-bond acceptors (Lipinski definition) is 6. The molecule has 0 unspecified atom stereocenters. The fourth-order valence-electron chi connectivity index (χ4n) is 0.505. The molecule has 8 heteroatoms. The van der Waals surface area contributed by atoms with Gasteiger partial charge in [0.15, 0.2) is 11.9 Å². The lowest BCUT2D eigenvalue weighted by Gasteiger charge is -2.07. The Hall–Kier alpha value is -0.590. The second-order valence-corrected chi connectivity index (χ2v) is 3.79. The van der Waals surface area contributed by atoms with E-state index in [4.69, 9.17) is 19.9 Å². The molecule has 0 aliphatic rings. The average molecular weight is 198 g/mol. The number of Topliss-reactive ketones (excluding diaryl/α,β-unsaturated/α-hetero) is 1. The van der Waals surface area contributed by atoms with Crippen LogP contribution in [0.25, 0.3) is 0 Å². The third-order valence-electron chi connectivity index (χ3n) is 0.849. The van der Waals surface area contributed by atoms with E-state index >= 15 is 0 Å². The Kier molecular flexibility index (Phi) is 4.22. The van der Waals surface area contributed by atoms with Crippen molar-refractivity contribution < 1.29 is 29.5 Å². The molecule has 0 spiro atoms. The molecule has 0 radical (unpaired) electrons. The molecule has 4 N–H and O–H groups in total. The Balaban J connectivity index is 3.82. The minimum absolute atomic E-state index is 0.00977. The van der Waals surface area contributed by atoms with Crippen molar-refractivity contribution in [1.29, 1.82) is 0 Å². The maximum absolute atomic E-state index is 10.6. The van der Waals surface area contributed by atoms with Crippen LogP contribution in [0.15, 0.2) is 0 Å². The summed E-state index contributed by atoms with van der Waals surface area (Å²) in [5.41, 5.74) is 0. The van der Waals surface area contributed by atoms with Gasteiger partial charge in [0.05, 0.1) is 0 Å². The second kappa shape index (κ2) is 4.44. The van der Waals surface area contributed by atoms with Crippen LogP contribution in [0, 0.1) is 0 Å². The molecule has 0 fully saturated rings. The molecule has 0 rings (SSSR count). The summed E-state index contributed by atoms with van der Waals surface area (Å²) < 4.78 is 0. The number of hydroxylamine groups is 2. The first kappa shape index (κ1) is 11.4. The number of hydrogen-bond donors (Lipinski definition) is 4. The summed E-state index contributed by atoms with van der Waals surface area (Å²) in [4.78, 5) is 45.5. The zero-order valence-corrected chi connectivity index (χ0v) is 6.89. The predicted octanol–water partition coefficient (Wildman–Crippen LogP) is -1.86. The number of rotatable bonds is 5. The van der Waals surface area contributed by atoms with Gasteiger partial charge in [-0.05, 0) is 0 Å². The summed E-state index contributed by atoms with van der Waals surface area (Å²) in [6.07, 6.45) is -0.873. The van der Waals surface area contributed by atoms with Crippen LogP contribution < -0.4 is 0 Å². The zero-order chi connectivity index (χ0) is 9.78. The Labute approximate surface area is 68.4 Å². The van der Waals surface area contributed by atoms with E-state index in [2.05, 4.69) is 0 Å². The molecule has 0 aromatic carbocycles. The monoisotopic (exact) mass is 198 g/mol. The summed E-state index contributed by atoms with van der Waals surface area (Å²) in [7, 11) is -4.14. The van der Waals surface area contributed by atoms with Crippen molar-refractivity contribution in [3.63, 3.8) is 0 Å². The van der Waals surface area contributed by atoms with E-state index < -0.39 is 26.4 Å². The molecule has 0 bridgehead atoms. The maximum Gasteiger partial charge on any atom is 0.411 e. The Morgan fingerprint density at radius 2 is 1.92 bits per heavy atom. The molecule has 0 aromatic heterocycles. The van der Waals surface area contributed by atoms with Gasteiger partial charge >= 0.3 is 7.94 Å². The highest BCUT2D eigenvalue weighted by Crippen LogP contribution is 2.43.